The minimum Gasteiger partial charge on any atom is -0.373 e. The predicted molar refractivity (Wildman–Crippen MR) is 109 cm³/mol. The first-order valence-electron chi connectivity index (χ1n) is 8.49. The molecule has 0 bridgehead atoms. The Morgan fingerprint density at radius 1 is 1.04 bits per heavy atom. The highest BCUT2D eigenvalue weighted by atomic mass is 35.5. The number of carbonyl (C=O) groups is 1. The number of para-hydroxylation sites is 1. The zero-order valence-electron chi connectivity index (χ0n) is 14.5. The summed E-state index contributed by atoms with van der Waals surface area (Å²) in [5.74, 6) is -0.471. The first-order valence-corrected chi connectivity index (χ1v) is 9.25. The van der Waals surface area contributed by atoms with E-state index in [1.165, 1.54) is 5.69 Å². The Morgan fingerprint density at radius 2 is 1.74 bits per heavy atom. The summed E-state index contributed by atoms with van der Waals surface area (Å²) in [6.07, 6.45) is 1.62. The van der Waals surface area contributed by atoms with E-state index in [0.29, 0.717) is 15.7 Å². The summed E-state index contributed by atoms with van der Waals surface area (Å²) in [6, 6.07) is 16.9. The third kappa shape index (κ3) is 4.94. The van der Waals surface area contributed by atoms with Crippen LogP contribution in [0.25, 0.3) is 0 Å². The van der Waals surface area contributed by atoms with Crippen LogP contribution in [-0.4, -0.2) is 37.0 Å². The maximum Gasteiger partial charge on any atom is 0.267 e. The first-order chi connectivity index (χ1) is 13.1. The highest BCUT2D eigenvalue weighted by molar-refractivity contribution is 6.42. The summed E-state index contributed by atoms with van der Waals surface area (Å²) in [4.78, 5) is 16.7. The molecule has 1 amide bonds. The van der Waals surface area contributed by atoms with Crippen molar-refractivity contribution in [3.05, 3.63) is 70.3 Å². The van der Waals surface area contributed by atoms with E-state index in [0.717, 1.165) is 26.2 Å². The maximum atomic E-state index is 12.4. The van der Waals surface area contributed by atoms with Gasteiger partial charge in [0.25, 0.3) is 5.91 Å². The lowest BCUT2D eigenvalue weighted by molar-refractivity contribution is -0.112. The minimum absolute atomic E-state index is 0.0502. The number of carbonyl (C=O) groups excluding carboxylic acids is 1. The van der Waals surface area contributed by atoms with Crippen LogP contribution in [0.4, 0.5) is 11.4 Å². The second kappa shape index (κ2) is 8.81. The van der Waals surface area contributed by atoms with E-state index in [1.54, 1.807) is 24.4 Å². The molecule has 0 radical (unpaired) electrons. The smallest absolute Gasteiger partial charge is 0.267 e. The number of hydrogen-bond donors (Lipinski definition) is 1. The quantitative estimate of drug-likeness (QED) is 0.618. The van der Waals surface area contributed by atoms with Crippen molar-refractivity contribution in [2.75, 3.05) is 36.4 Å². The molecule has 1 N–H and O–H groups in total. The molecular weight excluding hydrogens is 383 g/mol. The summed E-state index contributed by atoms with van der Waals surface area (Å²) in [5.41, 5.74) is 1.72. The van der Waals surface area contributed by atoms with E-state index in [9.17, 15) is 10.1 Å². The molecule has 27 heavy (non-hydrogen) atoms. The van der Waals surface area contributed by atoms with Gasteiger partial charge in [-0.2, -0.15) is 5.26 Å². The molecule has 1 heterocycles. The van der Waals surface area contributed by atoms with Gasteiger partial charge in [-0.3, -0.25) is 4.79 Å². The Labute approximate surface area is 168 Å². The Balaban J connectivity index is 1.62. The van der Waals surface area contributed by atoms with Crippen LogP contribution in [0.15, 0.2) is 60.3 Å². The molecule has 0 saturated carbocycles. The lowest BCUT2D eigenvalue weighted by atomic mass is 10.2. The fraction of sp³-hybridized carbons (Fsp3) is 0.200. The Bertz CT molecular complexity index is 885. The van der Waals surface area contributed by atoms with E-state index in [-0.39, 0.29) is 5.57 Å². The summed E-state index contributed by atoms with van der Waals surface area (Å²) in [5, 5.41) is 12.8. The van der Waals surface area contributed by atoms with Crippen molar-refractivity contribution in [3.63, 3.8) is 0 Å². The number of benzene rings is 2. The van der Waals surface area contributed by atoms with Crippen LogP contribution >= 0.6 is 23.2 Å². The summed E-state index contributed by atoms with van der Waals surface area (Å²) >= 11 is 11.8. The Morgan fingerprint density at radius 3 is 2.37 bits per heavy atom. The molecule has 0 unspecified atom stereocenters. The van der Waals surface area contributed by atoms with Gasteiger partial charge in [-0.25, -0.2) is 0 Å². The molecule has 1 saturated heterocycles. The summed E-state index contributed by atoms with van der Waals surface area (Å²) in [7, 11) is 0. The second-order valence-electron chi connectivity index (χ2n) is 6.10. The highest BCUT2D eigenvalue weighted by Crippen LogP contribution is 2.25. The lowest BCUT2D eigenvalue weighted by Gasteiger charge is -2.35. The molecule has 1 aliphatic heterocycles. The number of nitriles is 1. The van der Waals surface area contributed by atoms with Gasteiger partial charge in [0.2, 0.25) is 0 Å². The third-order valence-corrected chi connectivity index (χ3v) is 5.03. The average Bonchev–Trinajstić information content (AvgIpc) is 2.70. The van der Waals surface area contributed by atoms with Gasteiger partial charge < -0.3 is 15.1 Å². The molecule has 2 aromatic rings. The van der Waals surface area contributed by atoms with Gasteiger partial charge in [0, 0.05) is 43.8 Å². The zero-order chi connectivity index (χ0) is 19.2. The number of rotatable bonds is 4. The SMILES string of the molecule is N#C/C(=C/N1CCN(c2ccccc2)CC1)C(=O)Nc1ccc(Cl)c(Cl)c1. The van der Waals surface area contributed by atoms with Gasteiger partial charge in [-0.1, -0.05) is 41.4 Å². The number of nitrogens with one attached hydrogen (secondary N) is 1. The molecule has 0 aliphatic carbocycles. The zero-order valence-corrected chi connectivity index (χ0v) is 16.0. The normalized spacial score (nSPS) is 14.6. The van der Waals surface area contributed by atoms with Crippen LogP contribution in [-0.2, 0) is 4.79 Å². The molecule has 5 nitrogen and oxygen atoms in total. The second-order valence-corrected chi connectivity index (χ2v) is 6.91. The first kappa shape index (κ1) is 19.1. The van der Waals surface area contributed by atoms with Gasteiger partial charge in [0.15, 0.2) is 0 Å². The van der Waals surface area contributed by atoms with Crippen LogP contribution in [0, 0.1) is 11.3 Å². The van der Waals surface area contributed by atoms with E-state index in [2.05, 4.69) is 22.3 Å². The molecular formula is C20H18Cl2N4O. The average molecular weight is 401 g/mol. The molecule has 138 valence electrons. The molecule has 0 atom stereocenters. The van der Waals surface area contributed by atoms with Crippen molar-refractivity contribution in [3.8, 4) is 6.07 Å². The Hall–Kier alpha value is -2.68. The number of halogens is 2. The van der Waals surface area contributed by atoms with Crippen molar-refractivity contribution in [1.29, 1.82) is 5.26 Å². The van der Waals surface area contributed by atoms with Gasteiger partial charge in [0.1, 0.15) is 11.6 Å². The topological polar surface area (TPSA) is 59.4 Å². The molecule has 2 aromatic carbocycles. The highest BCUT2D eigenvalue weighted by Gasteiger charge is 2.17. The number of anilines is 2. The maximum absolute atomic E-state index is 12.4. The van der Waals surface area contributed by atoms with Crippen LogP contribution in [0.5, 0.6) is 0 Å². The van der Waals surface area contributed by atoms with E-state index in [1.807, 2.05) is 29.2 Å². The fourth-order valence-corrected chi connectivity index (χ4v) is 3.14. The molecule has 0 spiro atoms. The largest absolute Gasteiger partial charge is 0.373 e. The van der Waals surface area contributed by atoms with Crippen LogP contribution in [0.2, 0.25) is 10.0 Å². The van der Waals surface area contributed by atoms with Crippen molar-refractivity contribution >= 4 is 40.5 Å². The van der Waals surface area contributed by atoms with E-state index < -0.39 is 5.91 Å². The lowest BCUT2D eigenvalue weighted by Crippen LogP contribution is -2.44. The van der Waals surface area contributed by atoms with Crippen molar-refractivity contribution < 1.29 is 4.79 Å². The monoisotopic (exact) mass is 400 g/mol. The molecule has 1 fully saturated rings. The number of nitrogens with zero attached hydrogens (tertiary/aromatic N) is 3. The summed E-state index contributed by atoms with van der Waals surface area (Å²) in [6.45, 7) is 3.13. The number of amides is 1. The summed E-state index contributed by atoms with van der Waals surface area (Å²) < 4.78 is 0. The minimum atomic E-state index is -0.471. The standard InChI is InChI=1S/C20H18Cl2N4O/c21-18-7-6-16(12-19(18)22)24-20(27)15(13-23)14-25-8-10-26(11-9-25)17-4-2-1-3-5-17/h1-7,12,14H,8-11H2,(H,24,27)/b15-14-. The van der Waals surface area contributed by atoms with Gasteiger partial charge in [0.05, 0.1) is 10.0 Å². The van der Waals surface area contributed by atoms with E-state index >= 15 is 0 Å². The molecule has 7 heteroatoms. The number of piperazine rings is 1. The fourth-order valence-electron chi connectivity index (χ4n) is 2.84. The van der Waals surface area contributed by atoms with Crippen LogP contribution < -0.4 is 10.2 Å². The molecule has 3 rings (SSSR count). The Kier molecular flexibility index (Phi) is 6.23. The van der Waals surface area contributed by atoms with Crippen molar-refractivity contribution in [2.45, 2.75) is 0 Å². The van der Waals surface area contributed by atoms with E-state index in [4.69, 9.17) is 23.2 Å². The van der Waals surface area contributed by atoms with Crippen molar-refractivity contribution in [1.82, 2.24) is 4.90 Å². The third-order valence-electron chi connectivity index (χ3n) is 4.29. The number of hydrogen-bond acceptors (Lipinski definition) is 4. The van der Waals surface area contributed by atoms with Gasteiger partial charge in [-0.05, 0) is 30.3 Å². The predicted octanol–water partition coefficient (Wildman–Crippen LogP) is 4.16. The molecule has 1 aliphatic rings. The van der Waals surface area contributed by atoms with Crippen molar-refractivity contribution in [2.24, 2.45) is 0 Å². The van der Waals surface area contributed by atoms with Gasteiger partial charge in [-0.15, -0.1) is 0 Å². The molecule has 0 aromatic heterocycles. The van der Waals surface area contributed by atoms with Gasteiger partial charge >= 0.3 is 0 Å². The van der Waals surface area contributed by atoms with Crippen LogP contribution in [0.3, 0.4) is 0 Å². The van der Waals surface area contributed by atoms with Crippen LogP contribution in [0.1, 0.15) is 0 Å².